The van der Waals surface area contributed by atoms with Crippen molar-refractivity contribution < 1.29 is 41.0 Å². The number of nitrogens with one attached hydrogen (secondary N) is 1. The van der Waals surface area contributed by atoms with Crippen LogP contribution in [0.25, 0.3) is 0 Å². The number of piperidine rings is 1. The third-order valence-electron chi connectivity index (χ3n) is 4.64. The van der Waals surface area contributed by atoms with Crippen LogP contribution in [-0.2, 0) is 15.7 Å². The minimum Gasteiger partial charge on any atom is -0.470 e. The van der Waals surface area contributed by atoms with Crippen molar-refractivity contribution in [3.63, 3.8) is 0 Å². The van der Waals surface area contributed by atoms with Crippen molar-refractivity contribution in [2.24, 2.45) is 0 Å². The molecular weight excluding hydrogens is 441 g/mol. The zero-order chi connectivity index (χ0) is 24.3. The average molecular weight is 467 g/mol. The molecule has 32 heavy (non-hydrogen) atoms. The lowest BCUT2D eigenvalue weighted by Gasteiger charge is -2.38. The molecule has 12 heteroatoms. The molecule has 1 aromatic heterocycles. The number of hydrogen-bond acceptors (Lipinski definition) is 5. The number of amides is 2. The SMILES string of the molecule is CC1CC(NC(=O)C(F)(F)COc2ncccc2C(F)(F)F)CCN1C(=O)OC(C)(C)C. The molecule has 0 spiro atoms. The minimum absolute atomic E-state index is 0.186. The van der Waals surface area contributed by atoms with E-state index in [1.165, 1.54) is 4.90 Å². The second-order valence-electron chi connectivity index (χ2n) is 8.56. The summed E-state index contributed by atoms with van der Waals surface area (Å²) in [4.78, 5) is 29.1. The number of nitrogens with zero attached hydrogens (tertiary/aromatic N) is 2. The van der Waals surface area contributed by atoms with Gasteiger partial charge in [-0.1, -0.05) is 0 Å². The Morgan fingerprint density at radius 2 is 1.88 bits per heavy atom. The molecule has 0 aliphatic carbocycles. The summed E-state index contributed by atoms with van der Waals surface area (Å²) >= 11 is 0. The van der Waals surface area contributed by atoms with Gasteiger partial charge < -0.3 is 19.7 Å². The van der Waals surface area contributed by atoms with E-state index in [4.69, 9.17) is 4.74 Å². The highest BCUT2D eigenvalue weighted by Gasteiger charge is 2.43. The topological polar surface area (TPSA) is 80.8 Å². The molecule has 2 unspecified atom stereocenters. The van der Waals surface area contributed by atoms with Crippen LogP contribution in [0.4, 0.5) is 26.7 Å². The Balaban J connectivity index is 1.93. The molecule has 1 saturated heterocycles. The fourth-order valence-corrected chi connectivity index (χ4v) is 3.13. The lowest BCUT2D eigenvalue weighted by molar-refractivity contribution is -0.152. The summed E-state index contributed by atoms with van der Waals surface area (Å²) < 4.78 is 77.1. The maximum Gasteiger partial charge on any atom is 0.421 e. The Kier molecular flexibility index (Phi) is 7.56. The van der Waals surface area contributed by atoms with Crippen molar-refractivity contribution in [2.45, 2.75) is 70.3 Å². The van der Waals surface area contributed by atoms with Crippen LogP contribution in [0.15, 0.2) is 18.3 Å². The van der Waals surface area contributed by atoms with Gasteiger partial charge in [0.05, 0.1) is 0 Å². The van der Waals surface area contributed by atoms with E-state index in [0.717, 1.165) is 12.3 Å². The van der Waals surface area contributed by atoms with Gasteiger partial charge in [0.15, 0.2) is 6.61 Å². The first-order valence-electron chi connectivity index (χ1n) is 9.93. The maximum atomic E-state index is 14.2. The summed E-state index contributed by atoms with van der Waals surface area (Å²) in [7, 11) is 0. The van der Waals surface area contributed by atoms with Crippen LogP contribution in [0.5, 0.6) is 5.88 Å². The largest absolute Gasteiger partial charge is 0.470 e. The van der Waals surface area contributed by atoms with E-state index in [1.54, 1.807) is 27.7 Å². The molecule has 1 aromatic rings. The number of likely N-dealkylation sites (tertiary alicyclic amines) is 1. The van der Waals surface area contributed by atoms with Crippen molar-refractivity contribution in [1.82, 2.24) is 15.2 Å². The molecule has 7 nitrogen and oxygen atoms in total. The Morgan fingerprint density at radius 3 is 2.44 bits per heavy atom. The molecule has 2 amide bonds. The molecule has 0 radical (unpaired) electrons. The molecular formula is C20H26F5N3O4. The molecule has 2 heterocycles. The molecule has 180 valence electrons. The van der Waals surface area contributed by atoms with Crippen LogP contribution in [-0.4, -0.2) is 58.6 Å². The van der Waals surface area contributed by atoms with E-state index >= 15 is 0 Å². The number of carbonyl (C=O) groups excluding carboxylic acids is 2. The normalized spacial score (nSPS) is 20.0. The third kappa shape index (κ3) is 6.92. The molecule has 0 saturated carbocycles. The Hall–Kier alpha value is -2.66. The predicted octanol–water partition coefficient (Wildman–Crippen LogP) is 4.02. The highest BCUT2D eigenvalue weighted by molar-refractivity contribution is 5.83. The summed E-state index contributed by atoms with van der Waals surface area (Å²) in [5.41, 5.74) is -2.01. The van der Waals surface area contributed by atoms with Gasteiger partial charge in [-0.25, -0.2) is 9.78 Å². The molecule has 0 aromatic carbocycles. The van der Waals surface area contributed by atoms with Gasteiger partial charge in [-0.2, -0.15) is 22.0 Å². The van der Waals surface area contributed by atoms with E-state index in [1.807, 2.05) is 0 Å². The maximum absolute atomic E-state index is 14.2. The number of halogens is 5. The van der Waals surface area contributed by atoms with E-state index in [-0.39, 0.29) is 25.4 Å². The second kappa shape index (κ2) is 9.45. The quantitative estimate of drug-likeness (QED) is 0.662. The highest BCUT2D eigenvalue weighted by Crippen LogP contribution is 2.35. The summed E-state index contributed by atoms with van der Waals surface area (Å²) in [5, 5.41) is 2.19. The van der Waals surface area contributed by atoms with Gasteiger partial charge in [0.25, 0.3) is 5.91 Å². The Bertz CT molecular complexity index is 826. The molecule has 1 aliphatic rings. The lowest BCUT2D eigenvalue weighted by Crippen LogP contribution is -2.55. The molecule has 0 bridgehead atoms. The summed E-state index contributed by atoms with van der Waals surface area (Å²) in [6, 6.07) is 0.602. The molecule has 2 rings (SSSR count). The van der Waals surface area contributed by atoms with Crippen LogP contribution in [0.1, 0.15) is 46.1 Å². The standard InChI is InChI=1S/C20H26F5N3O4/c1-12-10-13(7-9-28(12)17(30)32-18(2,3)4)27-16(29)19(21,22)11-31-15-14(20(23,24)25)6-5-8-26-15/h5-6,8,12-13H,7,9-11H2,1-4H3,(H,27,29). The monoisotopic (exact) mass is 467 g/mol. The van der Waals surface area contributed by atoms with Crippen molar-refractivity contribution in [3.05, 3.63) is 23.9 Å². The van der Waals surface area contributed by atoms with Gasteiger partial charge in [0.2, 0.25) is 5.88 Å². The molecule has 2 atom stereocenters. The Morgan fingerprint density at radius 1 is 1.22 bits per heavy atom. The summed E-state index contributed by atoms with van der Waals surface area (Å²) in [6.07, 6.45) is -4.00. The van der Waals surface area contributed by atoms with Crippen molar-refractivity contribution in [2.75, 3.05) is 13.2 Å². The van der Waals surface area contributed by atoms with Gasteiger partial charge >= 0.3 is 18.2 Å². The van der Waals surface area contributed by atoms with Crippen LogP contribution >= 0.6 is 0 Å². The lowest BCUT2D eigenvalue weighted by atomic mass is 9.98. The van der Waals surface area contributed by atoms with E-state index in [9.17, 15) is 31.5 Å². The number of hydrogen-bond donors (Lipinski definition) is 1. The zero-order valence-electron chi connectivity index (χ0n) is 18.1. The third-order valence-corrected chi connectivity index (χ3v) is 4.64. The number of alkyl halides is 5. The zero-order valence-corrected chi connectivity index (χ0v) is 18.1. The second-order valence-corrected chi connectivity index (χ2v) is 8.56. The van der Waals surface area contributed by atoms with Gasteiger partial charge in [-0.15, -0.1) is 0 Å². The summed E-state index contributed by atoms with van der Waals surface area (Å²) in [5.74, 6) is -6.80. The summed E-state index contributed by atoms with van der Waals surface area (Å²) in [6.45, 7) is 5.43. The molecule has 1 aliphatic heterocycles. The number of aromatic nitrogens is 1. The first-order valence-corrected chi connectivity index (χ1v) is 9.93. The van der Waals surface area contributed by atoms with Crippen LogP contribution in [0, 0.1) is 0 Å². The van der Waals surface area contributed by atoms with E-state index in [0.29, 0.717) is 6.07 Å². The highest BCUT2D eigenvalue weighted by atomic mass is 19.4. The van der Waals surface area contributed by atoms with E-state index in [2.05, 4.69) is 15.0 Å². The number of carbonyl (C=O) groups is 2. The van der Waals surface area contributed by atoms with Crippen molar-refractivity contribution in [3.8, 4) is 5.88 Å². The smallest absolute Gasteiger partial charge is 0.421 e. The van der Waals surface area contributed by atoms with Crippen molar-refractivity contribution >= 4 is 12.0 Å². The van der Waals surface area contributed by atoms with Crippen LogP contribution < -0.4 is 10.1 Å². The Labute approximate surface area is 182 Å². The fraction of sp³-hybridized carbons (Fsp3) is 0.650. The van der Waals surface area contributed by atoms with Gasteiger partial charge in [0.1, 0.15) is 11.2 Å². The fourth-order valence-electron chi connectivity index (χ4n) is 3.13. The molecule has 1 fully saturated rings. The number of ether oxygens (including phenoxy) is 2. The van der Waals surface area contributed by atoms with Crippen LogP contribution in [0.3, 0.4) is 0 Å². The van der Waals surface area contributed by atoms with Gasteiger partial charge in [-0.05, 0) is 52.7 Å². The molecule has 1 N–H and O–H groups in total. The number of rotatable bonds is 5. The first kappa shape index (κ1) is 25.6. The van der Waals surface area contributed by atoms with Crippen molar-refractivity contribution in [1.29, 1.82) is 0 Å². The van der Waals surface area contributed by atoms with Gasteiger partial charge in [0, 0.05) is 24.8 Å². The first-order chi connectivity index (χ1) is 14.6. The minimum atomic E-state index is -4.85. The van der Waals surface area contributed by atoms with E-state index < -0.39 is 53.8 Å². The number of pyridine rings is 1. The average Bonchev–Trinajstić information content (AvgIpc) is 2.64. The van der Waals surface area contributed by atoms with Gasteiger partial charge in [-0.3, -0.25) is 4.79 Å². The van der Waals surface area contributed by atoms with Crippen LogP contribution in [0.2, 0.25) is 0 Å². The predicted molar refractivity (Wildman–Crippen MR) is 103 cm³/mol.